The number of benzene rings is 1. The maximum atomic E-state index is 6.11. The molecule has 1 aromatic rings. The molecule has 0 aliphatic carbocycles. The summed E-state index contributed by atoms with van der Waals surface area (Å²) in [4.78, 5) is 4.30. The molecule has 6 nitrogen and oxygen atoms in total. The minimum atomic E-state index is 0.292. The van der Waals surface area contributed by atoms with Crippen LogP contribution in [0, 0.1) is 12.8 Å². The average Bonchev–Trinajstić information content (AvgIpc) is 3.35. The lowest BCUT2D eigenvalue weighted by atomic mass is 10.1. The molecule has 2 saturated heterocycles. The first kappa shape index (κ1) is 19.0. The number of guanidine groups is 1. The van der Waals surface area contributed by atoms with E-state index < -0.39 is 0 Å². The van der Waals surface area contributed by atoms with Gasteiger partial charge < -0.3 is 24.8 Å². The zero-order valence-electron chi connectivity index (χ0n) is 15.9. The monoisotopic (exact) mass is 361 g/mol. The van der Waals surface area contributed by atoms with Crippen molar-refractivity contribution < 1.29 is 14.2 Å². The Balaban J connectivity index is 1.51. The number of aryl methyl sites for hydroxylation is 1. The Morgan fingerprint density at radius 2 is 2.19 bits per heavy atom. The van der Waals surface area contributed by atoms with E-state index in [2.05, 4.69) is 40.7 Å². The third kappa shape index (κ3) is 5.61. The van der Waals surface area contributed by atoms with Crippen LogP contribution in [0.2, 0.25) is 0 Å². The standard InChI is InChI=1S/C20H31N3O3/c1-15-5-6-17(19(10-15)26-14-16-7-9-24-13-16)11-22-20(21-2)23-12-18-4-3-8-25-18/h5-6,10,16,18H,3-4,7-9,11-14H2,1-2H3,(H2,21,22,23). The number of rotatable bonds is 7. The number of aliphatic imine (C=N–C) groups is 1. The van der Waals surface area contributed by atoms with E-state index >= 15 is 0 Å². The van der Waals surface area contributed by atoms with Crippen LogP contribution in [0.15, 0.2) is 23.2 Å². The predicted octanol–water partition coefficient (Wildman–Crippen LogP) is 2.25. The molecule has 144 valence electrons. The summed E-state index contributed by atoms with van der Waals surface area (Å²) in [5.74, 6) is 2.23. The summed E-state index contributed by atoms with van der Waals surface area (Å²) in [6, 6.07) is 6.34. The van der Waals surface area contributed by atoms with Crippen molar-refractivity contribution in [3.63, 3.8) is 0 Å². The molecule has 0 bridgehead atoms. The van der Waals surface area contributed by atoms with Gasteiger partial charge in [0.05, 0.1) is 19.3 Å². The van der Waals surface area contributed by atoms with E-state index in [0.29, 0.717) is 25.2 Å². The number of ether oxygens (including phenoxy) is 3. The molecule has 2 aliphatic heterocycles. The molecule has 1 aromatic carbocycles. The molecule has 2 aliphatic rings. The maximum absolute atomic E-state index is 6.11. The van der Waals surface area contributed by atoms with Crippen molar-refractivity contribution in [3.8, 4) is 5.75 Å². The molecule has 2 N–H and O–H groups in total. The maximum Gasteiger partial charge on any atom is 0.191 e. The topological polar surface area (TPSA) is 64.1 Å². The van der Waals surface area contributed by atoms with E-state index in [-0.39, 0.29) is 0 Å². The Labute approximate surface area is 156 Å². The fourth-order valence-corrected chi connectivity index (χ4v) is 3.28. The van der Waals surface area contributed by atoms with Crippen molar-refractivity contribution in [2.24, 2.45) is 10.9 Å². The first-order valence-corrected chi connectivity index (χ1v) is 9.61. The quantitative estimate of drug-likeness (QED) is 0.576. The normalized spacial score (nSPS) is 23.2. The highest BCUT2D eigenvalue weighted by atomic mass is 16.5. The number of hydrogen-bond acceptors (Lipinski definition) is 4. The lowest BCUT2D eigenvalue weighted by Crippen LogP contribution is -2.40. The number of hydrogen-bond donors (Lipinski definition) is 2. The fourth-order valence-electron chi connectivity index (χ4n) is 3.28. The molecule has 2 fully saturated rings. The minimum absolute atomic E-state index is 0.292. The van der Waals surface area contributed by atoms with Crippen molar-refractivity contribution in [1.29, 1.82) is 0 Å². The van der Waals surface area contributed by atoms with Gasteiger partial charge >= 0.3 is 0 Å². The van der Waals surface area contributed by atoms with Gasteiger partial charge in [-0.2, -0.15) is 0 Å². The van der Waals surface area contributed by atoms with Crippen molar-refractivity contribution in [1.82, 2.24) is 10.6 Å². The molecule has 26 heavy (non-hydrogen) atoms. The van der Waals surface area contributed by atoms with Gasteiger partial charge in [0, 0.05) is 44.8 Å². The van der Waals surface area contributed by atoms with Gasteiger partial charge in [0.25, 0.3) is 0 Å². The Bertz CT molecular complexity index is 594. The molecule has 2 atom stereocenters. The molecule has 2 heterocycles. The van der Waals surface area contributed by atoms with Gasteiger partial charge in [-0.15, -0.1) is 0 Å². The van der Waals surface area contributed by atoms with E-state index in [4.69, 9.17) is 14.2 Å². The zero-order chi connectivity index (χ0) is 18.2. The molecule has 0 aromatic heterocycles. The Morgan fingerprint density at radius 1 is 1.27 bits per heavy atom. The van der Waals surface area contributed by atoms with E-state index in [9.17, 15) is 0 Å². The van der Waals surface area contributed by atoms with Gasteiger partial charge in [0.2, 0.25) is 0 Å². The third-order valence-electron chi connectivity index (χ3n) is 4.91. The Kier molecular flexibility index (Phi) is 7.14. The number of nitrogens with one attached hydrogen (secondary N) is 2. The highest BCUT2D eigenvalue weighted by Gasteiger charge is 2.18. The van der Waals surface area contributed by atoms with E-state index in [1.807, 2.05) is 0 Å². The van der Waals surface area contributed by atoms with Gasteiger partial charge in [0.15, 0.2) is 5.96 Å². The molecule has 0 amide bonds. The molecule has 0 radical (unpaired) electrons. The molecule has 3 rings (SSSR count). The second-order valence-corrected chi connectivity index (χ2v) is 7.09. The third-order valence-corrected chi connectivity index (χ3v) is 4.91. The van der Waals surface area contributed by atoms with E-state index in [1.165, 1.54) is 5.56 Å². The number of nitrogens with zero attached hydrogens (tertiary/aromatic N) is 1. The predicted molar refractivity (Wildman–Crippen MR) is 103 cm³/mol. The second kappa shape index (κ2) is 9.78. The summed E-state index contributed by atoms with van der Waals surface area (Å²) in [5.41, 5.74) is 2.34. The average molecular weight is 361 g/mol. The molecular formula is C20H31N3O3. The van der Waals surface area contributed by atoms with Crippen LogP contribution in [0.3, 0.4) is 0 Å². The van der Waals surface area contributed by atoms with Gasteiger partial charge in [0.1, 0.15) is 5.75 Å². The summed E-state index contributed by atoms with van der Waals surface area (Å²) in [6.07, 6.45) is 3.64. The molecule has 6 heteroatoms. The van der Waals surface area contributed by atoms with E-state index in [0.717, 1.165) is 62.9 Å². The van der Waals surface area contributed by atoms with Crippen molar-refractivity contribution >= 4 is 5.96 Å². The molecular weight excluding hydrogens is 330 g/mol. The largest absolute Gasteiger partial charge is 0.493 e. The van der Waals surface area contributed by atoms with Gasteiger partial charge in [-0.1, -0.05) is 12.1 Å². The minimum Gasteiger partial charge on any atom is -0.493 e. The summed E-state index contributed by atoms with van der Waals surface area (Å²) < 4.78 is 17.2. The van der Waals surface area contributed by atoms with Gasteiger partial charge in [-0.05, 0) is 37.8 Å². The fraction of sp³-hybridized carbons (Fsp3) is 0.650. The summed E-state index contributed by atoms with van der Waals surface area (Å²) >= 11 is 0. The van der Waals surface area contributed by atoms with Crippen LogP contribution in [0.5, 0.6) is 5.75 Å². The van der Waals surface area contributed by atoms with Crippen LogP contribution < -0.4 is 15.4 Å². The van der Waals surface area contributed by atoms with Crippen molar-refractivity contribution in [3.05, 3.63) is 29.3 Å². The Hall–Kier alpha value is -1.79. The van der Waals surface area contributed by atoms with Crippen LogP contribution in [0.1, 0.15) is 30.4 Å². The summed E-state index contributed by atoms with van der Waals surface area (Å²) in [5, 5.41) is 6.72. The van der Waals surface area contributed by atoms with E-state index in [1.54, 1.807) is 7.05 Å². The van der Waals surface area contributed by atoms with Crippen LogP contribution in [-0.2, 0) is 16.0 Å². The van der Waals surface area contributed by atoms with Crippen LogP contribution in [0.25, 0.3) is 0 Å². The lowest BCUT2D eigenvalue weighted by Gasteiger charge is -2.18. The van der Waals surface area contributed by atoms with Crippen LogP contribution in [0.4, 0.5) is 0 Å². The lowest BCUT2D eigenvalue weighted by molar-refractivity contribution is 0.114. The SMILES string of the molecule is CN=C(NCc1ccc(C)cc1OCC1CCOC1)NCC1CCCO1. The highest BCUT2D eigenvalue weighted by molar-refractivity contribution is 5.79. The summed E-state index contributed by atoms with van der Waals surface area (Å²) in [6.45, 7) is 6.78. The first-order valence-electron chi connectivity index (χ1n) is 9.61. The van der Waals surface area contributed by atoms with Gasteiger partial charge in [-0.3, -0.25) is 4.99 Å². The Morgan fingerprint density at radius 3 is 2.92 bits per heavy atom. The zero-order valence-corrected chi connectivity index (χ0v) is 15.9. The van der Waals surface area contributed by atoms with Gasteiger partial charge in [-0.25, -0.2) is 0 Å². The smallest absolute Gasteiger partial charge is 0.191 e. The first-order chi connectivity index (χ1) is 12.7. The van der Waals surface area contributed by atoms with Crippen molar-refractivity contribution in [2.45, 2.75) is 38.8 Å². The molecule has 0 spiro atoms. The second-order valence-electron chi connectivity index (χ2n) is 7.09. The van der Waals surface area contributed by atoms with Crippen molar-refractivity contribution in [2.75, 3.05) is 40.0 Å². The highest BCUT2D eigenvalue weighted by Crippen LogP contribution is 2.22. The summed E-state index contributed by atoms with van der Waals surface area (Å²) in [7, 11) is 1.79. The van der Waals surface area contributed by atoms with Crippen LogP contribution in [-0.4, -0.2) is 52.1 Å². The van der Waals surface area contributed by atoms with Crippen LogP contribution >= 0.6 is 0 Å². The molecule has 2 unspecified atom stereocenters. The molecule has 0 saturated carbocycles.